The first-order valence-electron chi connectivity index (χ1n) is 13.7. The first-order chi connectivity index (χ1) is 18.8. The van der Waals surface area contributed by atoms with E-state index in [0.717, 1.165) is 72.1 Å². The van der Waals surface area contributed by atoms with Crippen molar-refractivity contribution in [1.29, 1.82) is 0 Å². The van der Waals surface area contributed by atoms with E-state index < -0.39 is 0 Å². The van der Waals surface area contributed by atoms with E-state index in [9.17, 15) is 9.59 Å². The second-order valence-electron chi connectivity index (χ2n) is 9.88. The molecule has 2 aromatic carbocycles. The minimum atomic E-state index is 0.353. The summed E-state index contributed by atoms with van der Waals surface area (Å²) in [5, 5.41) is 0. The molecule has 39 heavy (non-hydrogen) atoms. The topological polar surface area (TPSA) is 91.0 Å². The highest BCUT2D eigenvalue weighted by atomic mass is 32.2. The molecule has 3 N–H and O–H groups in total. The third-order valence-electron chi connectivity index (χ3n) is 6.49. The number of fused-ring (bicyclic) bond motifs is 1. The number of nitrogens with one attached hydrogen (secondary N) is 1. The predicted octanol–water partition coefficient (Wildman–Crippen LogP) is 5.22. The number of amidine groups is 1. The van der Waals surface area contributed by atoms with E-state index in [4.69, 9.17) is 5.73 Å². The first-order valence-corrected chi connectivity index (χ1v) is 14.9. The Morgan fingerprint density at radius 1 is 0.949 bits per heavy atom. The summed E-state index contributed by atoms with van der Waals surface area (Å²) < 4.78 is 3.25. The molecule has 0 aromatic heterocycles. The van der Waals surface area contributed by atoms with Crippen LogP contribution in [0.2, 0.25) is 0 Å². The molecule has 0 atom stereocenters. The fraction of sp³-hybridized carbons (Fsp3) is 0.452. The third kappa shape index (κ3) is 11.1. The van der Waals surface area contributed by atoms with Crippen molar-refractivity contribution in [3.05, 3.63) is 58.7 Å². The molecule has 1 aliphatic rings. The van der Waals surface area contributed by atoms with Gasteiger partial charge in [0.15, 0.2) is 0 Å². The summed E-state index contributed by atoms with van der Waals surface area (Å²) in [5.74, 6) is 0.422. The summed E-state index contributed by atoms with van der Waals surface area (Å²) in [4.78, 5) is 31.9. The Morgan fingerprint density at radius 2 is 1.62 bits per heavy atom. The van der Waals surface area contributed by atoms with E-state index in [1.165, 1.54) is 25.9 Å². The number of likely N-dealkylation sites (N-methyl/N-ethyl adjacent to an activating group) is 1. The summed E-state index contributed by atoms with van der Waals surface area (Å²) in [6.07, 6.45) is 9.28. The molecule has 0 unspecified atom stereocenters. The minimum Gasteiger partial charge on any atom is -0.387 e. The van der Waals surface area contributed by atoms with Crippen molar-refractivity contribution in [2.24, 2.45) is 10.7 Å². The Labute approximate surface area is 239 Å². The molecular weight excluding hydrogens is 506 g/mol. The number of nitrogens with two attached hydrogens (primary N) is 1. The van der Waals surface area contributed by atoms with Gasteiger partial charge in [-0.1, -0.05) is 56.1 Å². The van der Waals surface area contributed by atoms with Gasteiger partial charge in [0.25, 0.3) is 0 Å². The molecule has 0 bridgehead atoms. The fourth-order valence-corrected chi connectivity index (χ4v) is 4.72. The molecular formula is C31H45N5O2S. The zero-order valence-electron chi connectivity index (χ0n) is 24.2. The van der Waals surface area contributed by atoms with Crippen LogP contribution in [0, 0.1) is 0 Å². The molecule has 0 amide bonds. The highest BCUT2D eigenvalue weighted by Gasteiger charge is 2.12. The number of hydrogen-bond acceptors (Lipinski definition) is 8. The molecule has 0 saturated carbocycles. The van der Waals surface area contributed by atoms with Gasteiger partial charge >= 0.3 is 0 Å². The highest BCUT2D eigenvalue weighted by molar-refractivity contribution is 7.96. The maximum absolute atomic E-state index is 11.6. The maximum atomic E-state index is 11.6. The number of aliphatic imine (C=N–C) groups is 1. The second kappa shape index (κ2) is 17.7. The summed E-state index contributed by atoms with van der Waals surface area (Å²) >= 11 is 1.62. The van der Waals surface area contributed by atoms with Gasteiger partial charge in [-0.2, -0.15) is 0 Å². The van der Waals surface area contributed by atoms with Crippen molar-refractivity contribution in [1.82, 2.24) is 14.5 Å². The number of hydrogen-bond donors (Lipinski definition) is 2. The van der Waals surface area contributed by atoms with Crippen LogP contribution in [0.25, 0.3) is 17.2 Å². The van der Waals surface area contributed by atoms with Crippen LogP contribution >= 0.6 is 11.9 Å². The van der Waals surface area contributed by atoms with Crippen LogP contribution in [0.3, 0.4) is 0 Å². The lowest BCUT2D eigenvalue weighted by Gasteiger charge is -2.17. The average Bonchev–Trinajstić information content (AvgIpc) is 3.09. The molecule has 0 fully saturated rings. The largest absolute Gasteiger partial charge is 0.387 e. The Morgan fingerprint density at radius 3 is 2.26 bits per heavy atom. The van der Waals surface area contributed by atoms with E-state index >= 15 is 0 Å². The lowest BCUT2D eigenvalue weighted by molar-refractivity contribution is -0.104. The summed E-state index contributed by atoms with van der Waals surface area (Å²) in [5.41, 5.74) is 12.0. The summed E-state index contributed by atoms with van der Waals surface area (Å²) in [6.45, 7) is 9.64. The number of rotatable bonds is 14. The van der Waals surface area contributed by atoms with E-state index in [1.54, 1.807) is 11.9 Å². The highest BCUT2D eigenvalue weighted by Crippen LogP contribution is 2.32. The standard InChI is InChI=1S/C24H28N4O2S.C7H17N/c1-28(10-8-26-31-2)9-7-20-13-18(4-6-22(20)16-30)19-3-5-21-11-17(15-29)12-24(25)27-23(21)14-19;1-4-6-8(3)7-5-2/h3-6,11,13-16,26H,7-10,12H2,1-2H3,(H2,25,27);4-7H2,1-3H3. The van der Waals surface area contributed by atoms with Crippen LogP contribution in [0.5, 0.6) is 0 Å². The van der Waals surface area contributed by atoms with E-state index in [1.807, 2.05) is 42.7 Å². The van der Waals surface area contributed by atoms with E-state index in [0.29, 0.717) is 17.8 Å². The molecule has 0 aliphatic carbocycles. The van der Waals surface area contributed by atoms with Gasteiger partial charge in [-0.05, 0) is 81.5 Å². The molecule has 3 rings (SSSR count). The van der Waals surface area contributed by atoms with Crippen molar-refractivity contribution in [3.63, 3.8) is 0 Å². The zero-order valence-corrected chi connectivity index (χ0v) is 25.0. The molecule has 0 spiro atoms. The second-order valence-corrected chi connectivity index (χ2v) is 10.6. The number of carbonyl (C=O) groups excluding carboxylic acids is 2. The summed E-state index contributed by atoms with van der Waals surface area (Å²) in [6, 6.07) is 11.9. The smallest absolute Gasteiger partial charge is 0.150 e. The monoisotopic (exact) mass is 551 g/mol. The third-order valence-corrected chi connectivity index (χ3v) is 6.98. The van der Waals surface area contributed by atoms with Crippen LogP contribution in [0.15, 0.2) is 47.0 Å². The minimum absolute atomic E-state index is 0.353. The van der Waals surface area contributed by atoms with Gasteiger partial charge in [0.2, 0.25) is 0 Å². The molecule has 7 nitrogen and oxygen atoms in total. The van der Waals surface area contributed by atoms with Crippen molar-refractivity contribution < 1.29 is 9.59 Å². The zero-order chi connectivity index (χ0) is 28.6. The molecule has 0 saturated heterocycles. The SMILES string of the molecule is CCCN(C)CCC.CSNCCN(C)CCc1cc(-c2ccc3c(c2)N=C(N)CC(C=O)=C3)ccc1C=O. The molecule has 1 aliphatic heterocycles. The maximum Gasteiger partial charge on any atom is 0.150 e. The Bertz CT molecular complexity index is 1130. The number of benzene rings is 2. The lowest BCUT2D eigenvalue weighted by Crippen LogP contribution is -2.28. The Hall–Kier alpha value is -2.78. The molecule has 212 valence electrons. The van der Waals surface area contributed by atoms with Crippen molar-refractivity contribution in [3.8, 4) is 11.1 Å². The fourth-order valence-electron chi connectivity index (χ4n) is 4.43. The van der Waals surface area contributed by atoms with Crippen LogP contribution in [-0.4, -0.2) is 81.3 Å². The Kier molecular flexibility index (Phi) is 14.8. The van der Waals surface area contributed by atoms with Crippen molar-refractivity contribution >= 4 is 42.1 Å². The average molecular weight is 552 g/mol. The van der Waals surface area contributed by atoms with Crippen LogP contribution in [0.1, 0.15) is 54.6 Å². The molecule has 1 heterocycles. The van der Waals surface area contributed by atoms with Gasteiger partial charge in [0.05, 0.1) is 5.69 Å². The van der Waals surface area contributed by atoms with Crippen molar-refractivity contribution in [2.45, 2.75) is 39.5 Å². The van der Waals surface area contributed by atoms with Gasteiger partial charge in [-0.25, -0.2) is 4.99 Å². The van der Waals surface area contributed by atoms with E-state index in [-0.39, 0.29) is 0 Å². The van der Waals surface area contributed by atoms with Crippen LogP contribution < -0.4 is 10.5 Å². The number of nitrogens with zero attached hydrogens (tertiary/aromatic N) is 3. The van der Waals surface area contributed by atoms with Crippen molar-refractivity contribution in [2.75, 3.05) is 53.1 Å². The molecule has 0 radical (unpaired) electrons. The van der Waals surface area contributed by atoms with E-state index in [2.05, 4.69) is 53.5 Å². The number of aldehydes is 2. The lowest BCUT2D eigenvalue weighted by atomic mass is 9.96. The van der Waals surface area contributed by atoms with Gasteiger partial charge in [0.1, 0.15) is 18.4 Å². The quantitative estimate of drug-likeness (QED) is 0.189. The van der Waals surface area contributed by atoms with Gasteiger partial charge < -0.3 is 15.5 Å². The molecule has 8 heteroatoms. The Balaban J connectivity index is 0.000000580. The first kappa shape index (κ1) is 32.4. The van der Waals surface area contributed by atoms with Gasteiger partial charge in [0, 0.05) is 42.8 Å². The van der Waals surface area contributed by atoms with Gasteiger partial charge in [-0.15, -0.1) is 0 Å². The van der Waals surface area contributed by atoms with Gasteiger partial charge in [-0.3, -0.25) is 14.3 Å². The van der Waals surface area contributed by atoms with Crippen LogP contribution in [0.4, 0.5) is 5.69 Å². The molecule has 2 aromatic rings. The summed E-state index contributed by atoms with van der Waals surface area (Å²) in [7, 11) is 4.26. The van der Waals surface area contributed by atoms with Crippen LogP contribution in [-0.2, 0) is 11.2 Å². The predicted molar refractivity (Wildman–Crippen MR) is 168 cm³/mol. The number of carbonyl (C=O) groups is 2. The normalized spacial score (nSPS) is 12.7.